The molecule has 2 N–H and O–H groups in total. The number of carboxylic acid groups (broad SMARTS) is 1. The highest BCUT2D eigenvalue weighted by atomic mass is 16.4. The third kappa shape index (κ3) is 5.56. The molecule has 0 aliphatic carbocycles. The zero-order chi connectivity index (χ0) is 14.3. The van der Waals surface area contributed by atoms with Crippen LogP contribution in [0.25, 0.3) is 0 Å². The zero-order valence-electron chi connectivity index (χ0n) is 11.3. The Morgan fingerprint density at radius 2 is 2.21 bits per heavy atom. The van der Waals surface area contributed by atoms with Gasteiger partial charge in [-0.1, -0.05) is 6.92 Å². The van der Waals surface area contributed by atoms with Crippen molar-refractivity contribution in [3.05, 3.63) is 24.2 Å². The fraction of sp³-hybridized carbons (Fsp3) is 0.538. The van der Waals surface area contributed by atoms with Gasteiger partial charge in [-0.2, -0.15) is 0 Å². The molecule has 0 saturated heterocycles. The smallest absolute Gasteiger partial charge is 0.317 e. The number of hydrogen-bond donors (Lipinski definition) is 2. The van der Waals surface area contributed by atoms with Gasteiger partial charge >= 0.3 is 5.97 Å². The van der Waals surface area contributed by atoms with E-state index in [2.05, 4.69) is 5.32 Å². The van der Waals surface area contributed by atoms with Crippen molar-refractivity contribution in [2.24, 2.45) is 0 Å². The molecule has 0 aliphatic rings. The molecule has 0 fully saturated rings. The maximum atomic E-state index is 11.8. The monoisotopic (exact) mass is 268 g/mol. The summed E-state index contributed by atoms with van der Waals surface area (Å²) < 4.78 is 5.10. The van der Waals surface area contributed by atoms with Crippen LogP contribution in [0.4, 0.5) is 0 Å². The molecule has 0 saturated carbocycles. The van der Waals surface area contributed by atoms with E-state index >= 15 is 0 Å². The predicted octanol–water partition coefficient (Wildman–Crippen LogP) is 1.08. The fourth-order valence-electron chi connectivity index (χ4n) is 1.64. The number of carbonyl (C=O) groups is 2. The first-order valence-electron chi connectivity index (χ1n) is 6.27. The molecule has 0 aromatic carbocycles. The lowest BCUT2D eigenvalue weighted by Crippen LogP contribution is -2.44. The summed E-state index contributed by atoms with van der Waals surface area (Å²) in [6.45, 7) is 4.11. The Hall–Kier alpha value is -1.82. The van der Waals surface area contributed by atoms with E-state index in [4.69, 9.17) is 9.52 Å². The lowest BCUT2D eigenvalue weighted by atomic mass is 10.2. The minimum atomic E-state index is -0.931. The molecule has 0 bridgehead atoms. The number of rotatable bonds is 8. The van der Waals surface area contributed by atoms with E-state index in [0.29, 0.717) is 12.3 Å². The number of amides is 1. The molecule has 0 spiro atoms. The van der Waals surface area contributed by atoms with Gasteiger partial charge in [0.05, 0.1) is 25.9 Å². The number of nitrogens with one attached hydrogen (secondary N) is 1. The summed E-state index contributed by atoms with van der Waals surface area (Å²) in [5.74, 6) is -0.473. The van der Waals surface area contributed by atoms with E-state index in [0.717, 1.165) is 6.42 Å². The van der Waals surface area contributed by atoms with Crippen molar-refractivity contribution in [2.45, 2.75) is 32.9 Å². The van der Waals surface area contributed by atoms with Crippen molar-refractivity contribution < 1.29 is 19.1 Å². The Kier molecular flexibility index (Phi) is 6.08. The van der Waals surface area contributed by atoms with Crippen LogP contribution >= 0.6 is 0 Å². The van der Waals surface area contributed by atoms with Gasteiger partial charge in [0.1, 0.15) is 5.76 Å². The Morgan fingerprint density at radius 3 is 2.74 bits per heavy atom. The molecule has 1 atom stereocenters. The average molecular weight is 268 g/mol. The van der Waals surface area contributed by atoms with Crippen LogP contribution in [0, 0.1) is 0 Å². The van der Waals surface area contributed by atoms with Gasteiger partial charge in [-0.05, 0) is 25.5 Å². The summed E-state index contributed by atoms with van der Waals surface area (Å²) >= 11 is 0. The highest BCUT2D eigenvalue weighted by Crippen LogP contribution is 2.03. The number of nitrogens with zero attached hydrogens (tertiary/aromatic N) is 1. The SMILES string of the molecule is CCC(C)N(CC(=O)O)CC(=O)NCc1ccco1. The lowest BCUT2D eigenvalue weighted by molar-refractivity contribution is -0.139. The van der Waals surface area contributed by atoms with Crippen LogP contribution in [0.3, 0.4) is 0 Å². The number of carbonyl (C=O) groups excluding carboxylic acids is 1. The summed E-state index contributed by atoms with van der Waals surface area (Å²) in [6.07, 6.45) is 2.33. The summed E-state index contributed by atoms with van der Waals surface area (Å²) in [4.78, 5) is 24.2. The predicted molar refractivity (Wildman–Crippen MR) is 69.5 cm³/mol. The molecule has 1 aromatic heterocycles. The van der Waals surface area contributed by atoms with Crippen LogP contribution in [-0.4, -0.2) is 41.0 Å². The van der Waals surface area contributed by atoms with Gasteiger partial charge in [0, 0.05) is 6.04 Å². The highest BCUT2D eigenvalue weighted by Gasteiger charge is 2.18. The molecule has 6 heteroatoms. The van der Waals surface area contributed by atoms with Crippen LogP contribution in [0.5, 0.6) is 0 Å². The lowest BCUT2D eigenvalue weighted by Gasteiger charge is -2.25. The van der Waals surface area contributed by atoms with E-state index < -0.39 is 5.97 Å². The van der Waals surface area contributed by atoms with Crippen molar-refractivity contribution >= 4 is 11.9 Å². The number of aliphatic carboxylic acids is 1. The van der Waals surface area contributed by atoms with Gasteiger partial charge in [-0.3, -0.25) is 14.5 Å². The van der Waals surface area contributed by atoms with Gasteiger partial charge in [0.2, 0.25) is 5.91 Å². The van der Waals surface area contributed by atoms with Gasteiger partial charge in [0.25, 0.3) is 0 Å². The van der Waals surface area contributed by atoms with Crippen LogP contribution in [0.2, 0.25) is 0 Å². The van der Waals surface area contributed by atoms with Gasteiger partial charge in [0.15, 0.2) is 0 Å². The normalized spacial score (nSPS) is 12.4. The third-order valence-electron chi connectivity index (χ3n) is 2.94. The van der Waals surface area contributed by atoms with Crippen LogP contribution in [-0.2, 0) is 16.1 Å². The molecule has 1 rings (SSSR count). The first-order chi connectivity index (χ1) is 9.02. The van der Waals surface area contributed by atoms with Gasteiger partial charge < -0.3 is 14.8 Å². The summed E-state index contributed by atoms with van der Waals surface area (Å²) in [7, 11) is 0. The van der Waals surface area contributed by atoms with Crippen LogP contribution in [0.15, 0.2) is 22.8 Å². The van der Waals surface area contributed by atoms with E-state index in [-0.39, 0.29) is 25.0 Å². The summed E-state index contributed by atoms with van der Waals surface area (Å²) in [6, 6.07) is 3.56. The van der Waals surface area contributed by atoms with Crippen molar-refractivity contribution in [1.82, 2.24) is 10.2 Å². The molecule has 1 heterocycles. The first-order valence-corrected chi connectivity index (χ1v) is 6.27. The molecule has 106 valence electrons. The molecule has 0 aliphatic heterocycles. The zero-order valence-corrected chi connectivity index (χ0v) is 11.3. The molecule has 1 aromatic rings. The van der Waals surface area contributed by atoms with E-state index in [9.17, 15) is 9.59 Å². The maximum absolute atomic E-state index is 11.8. The second-order valence-electron chi connectivity index (χ2n) is 4.41. The Labute approximate surface area is 112 Å². The van der Waals surface area contributed by atoms with Crippen molar-refractivity contribution in [1.29, 1.82) is 0 Å². The standard InChI is InChI=1S/C13H20N2O4/c1-3-10(2)15(9-13(17)18)8-12(16)14-7-11-5-4-6-19-11/h4-6,10H,3,7-9H2,1-2H3,(H,14,16)(H,17,18). The number of furan rings is 1. The van der Waals surface area contributed by atoms with E-state index in [1.807, 2.05) is 13.8 Å². The molecule has 1 amide bonds. The Bertz CT molecular complexity index is 403. The minimum absolute atomic E-state index is 0.0467. The Balaban J connectivity index is 2.43. The molecule has 0 radical (unpaired) electrons. The highest BCUT2D eigenvalue weighted by molar-refractivity contribution is 5.79. The van der Waals surface area contributed by atoms with Gasteiger partial charge in [-0.15, -0.1) is 0 Å². The second-order valence-corrected chi connectivity index (χ2v) is 4.41. The number of hydrogen-bond acceptors (Lipinski definition) is 4. The molecule has 19 heavy (non-hydrogen) atoms. The molecular formula is C13H20N2O4. The average Bonchev–Trinajstić information content (AvgIpc) is 2.87. The second kappa shape index (κ2) is 7.58. The topological polar surface area (TPSA) is 82.8 Å². The van der Waals surface area contributed by atoms with Gasteiger partial charge in [-0.25, -0.2) is 0 Å². The quantitative estimate of drug-likeness (QED) is 0.737. The summed E-state index contributed by atoms with van der Waals surface area (Å²) in [5, 5.41) is 11.5. The van der Waals surface area contributed by atoms with Crippen molar-refractivity contribution in [3.8, 4) is 0 Å². The molecule has 1 unspecified atom stereocenters. The summed E-state index contributed by atoms with van der Waals surface area (Å²) in [5.41, 5.74) is 0. The van der Waals surface area contributed by atoms with E-state index in [1.54, 1.807) is 17.0 Å². The maximum Gasteiger partial charge on any atom is 0.317 e. The van der Waals surface area contributed by atoms with E-state index in [1.165, 1.54) is 6.26 Å². The van der Waals surface area contributed by atoms with Crippen molar-refractivity contribution in [2.75, 3.05) is 13.1 Å². The number of carboxylic acids is 1. The fourth-order valence-corrected chi connectivity index (χ4v) is 1.64. The molecule has 6 nitrogen and oxygen atoms in total. The third-order valence-corrected chi connectivity index (χ3v) is 2.94. The Morgan fingerprint density at radius 1 is 1.47 bits per heavy atom. The van der Waals surface area contributed by atoms with Crippen LogP contribution < -0.4 is 5.32 Å². The minimum Gasteiger partial charge on any atom is -0.480 e. The largest absolute Gasteiger partial charge is 0.480 e. The van der Waals surface area contributed by atoms with Crippen LogP contribution in [0.1, 0.15) is 26.0 Å². The molecular weight excluding hydrogens is 248 g/mol. The first kappa shape index (κ1) is 15.2. The van der Waals surface area contributed by atoms with Crippen molar-refractivity contribution in [3.63, 3.8) is 0 Å².